The fourth-order valence-corrected chi connectivity index (χ4v) is 1.06. The lowest BCUT2D eigenvalue weighted by Gasteiger charge is -2.08. The number of hydrogen-bond donors (Lipinski definition) is 2. The van der Waals surface area contributed by atoms with Crippen molar-refractivity contribution in [3.8, 4) is 0 Å². The molecule has 0 aliphatic heterocycles. The summed E-state index contributed by atoms with van der Waals surface area (Å²) in [5.41, 5.74) is 4.91. The molecule has 82 valence electrons. The minimum Gasteiger partial charge on any atom is -0.368 e. The van der Waals surface area contributed by atoms with Gasteiger partial charge >= 0.3 is 0 Å². The maximum atomic E-state index is 10.3. The highest BCUT2D eigenvalue weighted by Crippen LogP contribution is 2.05. The van der Waals surface area contributed by atoms with Gasteiger partial charge in [0.05, 0.1) is 0 Å². The molecule has 0 fully saturated rings. The van der Waals surface area contributed by atoms with Crippen LogP contribution < -0.4 is 5.73 Å². The number of aliphatic hydroxyl groups is 1. The number of ether oxygens (including phenoxy) is 1. The third kappa shape index (κ3) is 9.22. The summed E-state index contributed by atoms with van der Waals surface area (Å²) in [6.45, 7) is 2.38. The summed E-state index contributed by atoms with van der Waals surface area (Å²) in [7, 11) is 0. The van der Waals surface area contributed by atoms with E-state index in [9.17, 15) is 9.90 Å². The van der Waals surface area contributed by atoms with Crippen molar-refractivity contribution >= 4 is 5.91 Å². The molecule has 14 heavy (non-hydrogen) atoms. The molecule has 0 bridgehead atoms. The number of allylic oxidation sites excluding steroid dienone is 1. The first-order chi connectivity index (χ1) is 6.66. The second-order valence-electron chi connectivity index (χ2n) is 3.00. The van der Waals surface area contributed by atoms with Gasteiger partial charge in [-0.3, -0.25) is 4.79 Å². The van der Waals surface area contributed by atoms with E-state index >= 15 is 0 Å². The van der Waals surface area contributed by atoms with Gasteiger partial charge in [-0.05, 0) is 38.7 Å². The first-order valence-corrected chi connectivity index (χ1v) is 4.92. The Morgan fingerprint density at radius 1 is 1.57 bits per heavy atom. The monoisotopic (exact) mass is 201 g/mol. The molecule has 1 unspecified atom stereocenters. The quantitative estimate of drug-likeness (QED) is 0.349. The van der Waals surface area contributed by atoms with Gasteiger partial charge < -0.3 is 15.6 Å². The molecule has 0 rings (SSSR count). The van der Waals surface area contributed by atoms with E-state index in [2.05, 4.69) is 0 Å². The first kappa shape index (κ1) is 13.1. The molecule has 0 heterocycles. The van der Waals surface area contributed by atoms with Crippen LogP contribution in [0, 0.1) is 0 Å². The fraction of sp³-hybridized carbons (Fsp3) is 0.700. The van der Waals surface area contributed by atoms with E-state index in [1.54, 1.807) is 6.08 Å². The van der Waals surface area contributed by atoms with Gasteiger partial charge in [-0.25, -0.2) is 0 Å². The van der Waals surface area contributed by atoms with E-state index in [-0.39, 0.29) is 0 Å². The van der Waals surface area contributed by atoms with Crippen LogP contribution in [0.15, 0.2) is 12.2 Å². The molecule has 0 aromatic rings. The summed E-state index contributed by atoms with van der Waals surface area (Å²) in [6.07, 6.45) is 5.70. The molecule has 0 aliphatic rings. The Morgan fingerprint density at radius 3 is 2.86 bits per heavy atom. The van der Waals surface area contributed by atoms with Crippen LogP contribution in [0.3, 0.4) is 0 Å². The van der Waals surface area contributed by atoms with Crippen molar-refractivity contribution in [1.29, 1.82) is 0 Å². The van der Waals surface area contributed by atoms with Gasteiger partial charge in [0.2, 0.25) is 5.91 Å². The zero-order chi connectivity index (χ0) is 10.8. The van der Waals surface area contributed by atoms with E-state index < -0.39 is 12.2 Å². The van der Waals surface area contributed by atoms with Crippen molar-refractivity contribution in [2.24, 2.45) is 5.73 Å². The maximum Gasteiger partial charge on any atom is 0.241 e. The molecule has 0 radical (unpaired) electrons. The molecular weight excluding hydrogens is 182 g/mol. The number of rotatable bonds is 8. The van der Waals surface area contributed by atoms with Gasteiger partial charge in [0.15, 0.2) is 6.29 Å². The fourth-order valence-electron chi connectivity index (χ4n) is 1.06. The second-order valence-corrected chi connectivity index (χ2v) is 3.00. The van der Waals surface area contributed by atoms with E-state index in [0.717, 1.165) is 19.3 Å². The summed E-state index contributed by atoms with van der Waals surface area (Å²) < 4.78 is 4.95. The van der Waals surface area contributed by atoms with Gasteiger partial charge in [0.25, 0.3) is 0 Å². The molecule has 4 heteroatoms. The minimum atomic E-state index is -0.653. The van der Waals surface area contributed by atoms with Gasteiger partial charge in [0.1, 0.15) is 0 Å². The molecule has 0 aromatic carbocycles. The molecule has 0 spiro atoms. The number of carbonyl (C=O) groups is 1. The Kier molecular flexibility index (Phi) is 8.17. The average molecular weight is 201 g/mol. The van der Waals surface area contributed by atoms with Crippen molar-refractivity contribution in [1.82, 2.24) is 0 Å². The third-order valence-electron chi connectivity index (χ3n) is 1.71. The largest absolute Gasteiger partial charge is 0.368 e. The number of carbonyl (C=O) groups excluding carboxylic acids is 1. The van der Waals surface area contributed by atoms with Crippen LogP contribution >= 0.6 is 0 Å². The van der Waals surface area contributed by atoms with Crippen LogP contribution in [0.25, 0.3) is 0 Å². The summed E-state index contributed by atoms with van der Waals surface area (Å²) in [6, 6.07) is 0. The number of hydrogen-bond acceptors (Lipinski definition) is 3. The van der Waals surface area contributed by atoms with E-state index in [1.165, 1.54) is 6.08 Å². The first-order valence-electron chi connectivity index (χ1n) is 4.92. The van der Waals surface area contributed by atoms with Crippen molar-refractivity contribution in [2.75, 3.05) is 6.61 Å². The molecule has 4 nitrogen and oxygen atoms in total. The lowest BCUT2D eigenvalue weighted by atomic mass is 10.2. The van der Waals surface area contributed by atoms with Gasteiger partial charge in [0, 0.05) is 6.61 Å². The average Bonchev–Trinajstić information content (AvgIpc) is 2.11. The number of amides is 1. The van der Waals surface area contributed by atoms with Crippen LogP contribution in [0.5, 0.6) is 0 Å². The number of unbranched alkanes of at least 4 members (excludes halogenated alkanes) is 2. The zero-order valence-electron chi connectivity index (χ0n) is 8.61. The summed E-state index contributed by atoms with van der Waals surface area (Å²) in [4.78, 5) is 10.3. The van der Waals surface area contributed by atoms with Crippen LogP contribution in [0.4, 0.5) is 0 Å². The Morgan fingerprint density at radius 2 is 2.29 bits per heavy atom. The molecule has 0 aromatic heterocycles. The Bertz CT molecular complexity index is 180. The lowest BCUT2D eigenvalue weighted by molar-refractivity contribution is -0.113. The topological polar surface area (TPSA) is 72.6 Å². The van der Waals surface area contributed by atoms with Crippen LogP contribution in [0.2, 0.25) is 0 Å². The number of aliphatic hydroxyl groups excluding tert-OH is 1. The van der Waals surface area contributed by atoms with E-state index in [4.69, 9.17) is 10.5 Å². The molecule has 0 aliphatic carbocycles. The summed E-state index contributed by atoms with van der Waals surface area (Å²) in [5.74, 6) is -0.417. The lowest BCUT2D eigenvalue weighted by Crippen LogP contribution is -2.10. The second kappa shape index (κ2) is 8.72. The Balaban J connectivity index is 3.25. The van der Waals surface area contributed by atoms with Gasteiger partial charge in [-0.15, -0.1) is 0 Å². The van der Waals surface area contributed by atoms with Crippen molar-refractivity contribution in [3.05, 3.63) is 12.2 Å². The highest BCUT2D eigenvalue weighted by Gasteiger charge is 2.00. The molecular formula is C10H19NO3. The molecule has 0 saturated carbocycles. The molecule has 1 atom stereocenters. The normalized spacial score (nSPS) is 13.3. The number of primary amides is 1. The Hall–Kier alpha value is -0.870. The molecule has 3 N–H and O–H groups in total. The minimum absolute atomic E-state index is 0.417. The van der Waals surface area contributed by atoms with Crippen LogP contribution in [-0.4, -0.2) is 23.9 Å². The molecule has 1 amide bonds. The predicted molar refractivity (Wildman–Crippen MR) is 54.4 cm³/mol. The SMILES string of the molecule is CCOC(O)CCCC/C=C/C(N)=O. The Labute approximate surface area is 84.7 Å². The number of nitrogens with two attached hydrogens (primary N) is 1. The van der Waals surface area contributed by atoms with E-state index in [0.29, 0.717) is 13.0 Å². The van der Waals surface area contributed by atoms with Crippen molar-refractivity contribution in [2.45, 2.75) is 38.9 Å². The maximum absolute atomic E-state index is 10.3. The third-order valence-corrected chi connectivity index (χ3v) is 1.71. The van der Waals surface area contributed by atoms with Gasteiger partial charge in [-0.1, -0.05) is 6.08 Å². The van der Waals surface area contributed by atoms with Crippen molar-refractivity contribution in [3.63, 3.8) is 0 Å². The van der Waals surface area contributed by atoms with E-state index in [1.807, 2.05) is 6.92 Å². The summed E-state index contributed by atoms with van der Waals surface area (Å²) in [5, 5.41) is 9.18. The highest BCUT2D eigenvalue weighted by molar-refractivity contribution is 5.85. The van der Waals surface area contributed by atoms with Gasteiger partial charge in [-0.2, -0.15) is 0 Å². The van der Waals surface area contributed by atoms with Crippen LogP contribution in [-0.2, 0) is 9.53 Å². The standard InChI is InChI=1S/C10H19NO3/c1-2-14-10(13)8-6-4-3-5-7-9(11)12/h5,7,10,13H,2-4,6,8H2,1H3,(H2,11,12)/b7-5+. The van der Waals surface area contributed by atoms with Crippen molar-refractivity contribution < 1.29 is 14.6 Å². The predicted octanol–water partition coefficient (Wildman–Crippen LogP) is 0.943. The smallest absolute Gasteiger partial charge is 0.241 e. The zero-order valence-corrected chi connectivity index (χ0v) is 8.61. The highest BCUT2D eigenvalue weighted by atomic mass is 16.6. The molecule has 0 saturated heterocycles. The van der Waals surface area contributed by atoms with Crippen LogP contribution in [0.1, 0.15) is 32.6 Å². The summed E-state index contributed by atoms with van der Waals surface area (Å²) >= 11 is 0.